The fraction of sp³-hybridized carbons (Fsp3) is 0.455. The van der Waals surface area contributed by atoms with Gasteiger partial charge in [0.25, 0.3) is 10.1 Å². The zero-order valence-corrected chi connectivity index (χ0v) is 11.7. The topological polar surface area (TPSA) is 43.4 Å². The number of benzene rings is 1. The standard InChI is InChI=1S/C11H17O3PS/c1-11(2,3)15(14-16(4,12)13)10-8-6-5-7-9-10/h5-9H,1-4H3. The minimum atomic E-state index is -3.43. The van der Waals surface area contributed by atoms with Crippen molar-refractivity contribution < 1.29 is 12.4 Å². The Hall–Kier alpha value is -0.440. The summed E-state index contributed by atoms with van der Waals surface area (Å²) in [5, 5.41) is 0.732. The van der Waals surface area contributed by atoms with Crippen molar-refractivity contribution in [1.82, 2.24) is 0 Å². The van der Waals surface area contributed by atoms with Gasteiger partial charge in [0.15, 0.2) is 0 Å². The van der Waals surface area contributed by atoms with Crippen LogP contribution in [0.1, 0.15) is 20.8 Å². The Morgan fingerprint density at radius 1 is 1.12 bits per heavy atom. The molecular formula is C11H17O3PS. The quantitative estimate of drug-likeness (QED) is 0.784. The van der Waals surface area contributed by atoms with E-state index in [0.29, 0.717) is 0 Å². The first-order valence-electron chi connectivity index (χ1n) is 4.95. The van der Waals surface area contributed by atoms with E-state index >= 15 is 0 Å². The average molecular weight is 260 g/mol. The molecule has 0 saturated carbocycles. The highest BCUT2D eigenvalue weighted by molar-refractivity contribution is 7.91. The highest BCUT2D eigenvalue weighted by Crippen LogP contribution is 2.50. The third kappa shape index (κ3) is 4.20. The maximum Gasteiger partial charge on any atom is 0.267 e. The second-order valence-corrected chi connectivity index (χ2v) is 9.03. The molecule has 0 bridgehead atoms. The monoisotopic (exact) mass is 260 g/mol. The molecule has 0 aliphatic carbocycles. The summed E-state index contributed by atoms with van der Waals surface area (Å²) >= 11 is 0. The van der Waals surface area contributed by atoms with Crippen LogP contribution in [-0.4, -0.2) is 19.8 Å². The van der Waals surface area contributed by atoms with Crippen LogP contribution in [0.2, 0.25) is 0 Å². The van der Waals surface area contributed by atoms with Gasteiger partial charge in [0.1, 0.15) is 0 Å². The lowest BCUT2D eigenvalue weighted by molar-refractivity contribution is 0.508. The molecule has 0 fully saturated rings. The van der Waals surface area contributed by atoms with Gasteiger partial charge in [-0.2, -0.15) is 8.42 Å². The van der Waals surface area contributed by atoms with Crippen molar-refractivity contribution in [2.24, 2.45) is 0 Å². The van der Waals surface area contributed by atoms with E-state index in [-0.39, 0.29) is 5.16 Å². The molecule has 1 atom stereocenters. The summed E-state index contributed by atoms with van der Waals surface area (Å²) in [4.78, 5) is 0. The van der Waals surface area contributed by atoms with E-state index < -0.39 is 18.3 Å². The number of hydrogen-bond donors (Lipinski definition) is 0. The lowest BCUT2D eigenvalue weighted by atomic mass is 10.3. The molecule has 0 amide bonds. The van der Waals surface area contributed by atoms with Gasteiger partial charge in [0, 0.05) is 10.5 Å². The summed E-state index contributed by atoms with van der Waals surface area (Å²) < 4.78 is 27.7. The van der Waals surface area contributed by atoms with Gasteiger partial charge in [-0.1, -0.05) is 51.1 Å². The van der Waals surface area contributed by atoms with E-state index in [9.17, 15) is 8.42 Å². The molecule has 0 spiro atoms. The predicted molar refractivity (Wildman–Crippen MR) is 68.7 cm³/mol. The van der Waals surface area contributed by atoms with Crippen molar-refractivity contribution in [3.8, 4) is 0 Å². The maximum absolute atomic E-state index is 11.3. The molecule has 0 N–H and O–H groups in total. The first-order chi connectivity index (χ1) is 7.20. The van der Waals surface area contributed by atoms with Gasteiger partial charge in [-0.3, -0.25) is 0 Å². The second kappa shape index (κ2) is 4.82. The molecule has 0 aliphatic rings. The smallest absolute Gasteiger partial charge is 0.242 e. The van der Waals surface area contributed by atoms with E-state index in [1.165, 1.54) is 0 Å². The first kappa shape index (κ1) is 13.6. The first-order valence-corrected chi connectivity index (χ1v) is 8.02. The van der Waals surface area contributed by atoms with Gasteiger partial charge in [-0.05, 0) is 0 Å². The molecule has 5 heteroatoms. The zero-order valence-electron chi connectivity index (χ0n) is 9.97. The lowest BCUT2D eigenvalue weighted by Crippen LogP contribution is -2.22. The van der Waals surface area contributed by atoms with Crippen molar-refractivity contribution >= 4 is 23.6 Å². The minimum absolute atomic E-state index is 0.209. The van der Waals surface area contributed by atoms with Crippen LogP contribution in [0.25, 0.3) is 0 Å². The molecule has 0 saturated heterocycles. The number of hydrogen-bond acceptors (Lipinski definition) is 3. The Bertz CT molecular complexity index is 434. The van der Waals surface area contributed by atoms with Gasteiger partial charge in [0.05, 0.1) is 14.4 Å². The SMILES string of the molecule is CC(C)(C)P(OS(C)(=O)=O)c1ccccc1. The van der Waals surface area contributed by atoms with Crippen LogP contribution in [0, 0.1) is 0 Å². The molecule has 16 heavy (non-hydrogen) atoms. The zero-order chi connectivity index (χ0) is 12.4. The average Bonchev–Trinajstić information content (AvgIpc) is 2.13. The number of rotatable bonds is 3. The van der Waals surface area contributed by atoms with Crippen molar-refractivity contribution in [2.75, 3.05) is 6.26 Å². The second-order valence-electron chi connectivity index (χ2n) is 4.58. The van der Waals surface area contributed by atoms with E-state index in [1.54, 1.807) is 0 Å². The molecular weight excluding hydrogens is 243 g/mol. The fourth-order valence-electron chi connectivity index (χ4n) is 1.24. The summed E-state index contributed by atoms with van der Waals surface area (Å²) in [6.07, 6.45) is 1.09. The Balaban J connectivity index is 3.08. The summed E-state index contributed by atoms with van der Waals surface area (Å²) in [7, 11) is -4.60. The van der Waals surface area contributed by atoms with Crippen molar-refractivity contribution in [1.29, 1.82) is 0 Å². The molecule has 1 aromatic rings. The van der Waals surface area contributed by atoms with E-state index in [0.717, 1.165) is 11.6 Å². The molecule has 1 unspecified atom stereocenters. The fourth-order valence-corrected chi connectivity index (χ4v) is 4.78. The maximum atomic E-state index is 11.3. The third-order valence-corrected chi connectivity index (χ3v) is 5.48. The lowest BCUT2D eigenvalue weighted by Gasteiger charge is -2.29. The molecule has 0 radical (unpaired) electrons. The Labute approximate surface area is 98.8 Å². The van der Waals surface area contributed by atoms with Crippen LogP contribution in [0.5, 0.6) is 0 Å². The van der Waals surface area contributed by atoms with Gasteiger partial charge in [-0.15, -0.1) is 0 Å². The van der Waals surface area contributed by atoms with Crippen molar-refractivity contribution in [3.05, 3.63) is 30.3 Å². The van der Waals surface area contributed by atoms with Crippen LogP contribution in [0.3, 0.4) is 0 Å². The normalized spacial score (nSPS) is 14.8. The third-order valence-electron chi connectivity index (χ3n) is 1.81. The van der Waals surface area contributed by atoms with Crippen LogP contribution in [-0.2, 0) is 14.1 Å². The molecule has 3 nitrogen and oxygen atoms in total. The summed E-state index contributed by atoms with van der Waals surface area (Å²) in [5.41, 5.74) is 0. The van der Waals surface area contributed by atoms with E-state index in [4.69, 9.17) is 3.97 Å². The molecule has 1 rings (SSSR count). The van der Waals surface area contributed by atoms with Crippen LogP contribution < -0.4 is 5.30 Å². The molecule has 1 aromatic carbocycles. The summed E-state index contributed by atoms with van der Waals surface area (Å²) in [6.45, 7) is 5.95. The summed E-state index contributed by atoms with van der Waals surface area (Å²) in [6, 6.07) is 9.49. The van der Waals surface area contributed by atoms with Gasteiger partial charge in [0.2, 0.25) is 0 Å². The molecule has 0 aromatic heterocycles. The van der Waals surface area contributed by atoms with E-state index in [2.05, 4.69) is 0 Å². The van der Waals surface area contributed by atoms with Crippen molar-refractivity contribution in [3.63, 3.8) is 0 Å². The molecule has 90 valence electrons. The Morgan fingerprint density at radius 3 is 2.00 bits per heavy atom. The highest BCUT2D eigenvalue weighted by Gasteiger charge is 2.30. The highest BCUT2D eigenvalue weighted by atomic mass is 32.2. The van der Waals surface area contributed by atoms with Gasteiger partial charge < -0.3 is 0 Å². The van der Waals surface area contributed by atoms with Crippen LogP contribution >= 0.6 is 8.15 Å². The van der Waals surface area contributed by atoms with Crippen molar-refractivity contribution in [2.45, 2.75) is 25.9 Å². The minimum Gasteiger partial charge on any atom is -0.242 e. The van der Waals surface area contributed by atoms with Gasteiger partial charge >= 0.3 is 0 Å². The Morgan fingerprint density at radius 2 is 1.62 bits per heavy atom. The van der Waals surface area contributed by atoms with Gasteiger partial charge in [-0.25, -0.2) is 3.97 Å². The predicted octanol–water partition coefficient (Wildman–Crippen LogP) is 2.48. The Kier molecular flexibility index (Phi) is 4.11. The molecule has 0 aliphatic heterocycles. The van der Waals surface area contributed by atoms with Crippen LogP contribution in [0.15, 0.2) is 30.3 Å². The van der Waals surface area contributed by atoms with Crippen LogP contribution in [0.4, 0.5) is 0 Å². The molecule has 0 heterocycles. The van der Waals surface area contributed by atoms with E-state index in [1.807, 2.05) is 51.1 Å². The largest absolute Gasteiger partial charge is 0.267 e. The summed E-state index contributed by atoms with van der Waals surface area (Å²) in [5.74, 6) is 0.